The van der Waals surface area contributed by atoms with Crippen LogP contribution in [0.1, 0.15) is 43.2 Å². The van der Waals surface area contributed by atoms with E-state index >= 15 is 0 Å². The molecule has 2 nitrogen and oxygen atoms in total. The molecule has 0 saturated heterocycles. The van der Waals surface area contributed by atoms with Crippen molar-refractivity contribution in [1.29, 1.82) is 0 Å². The third-order valence-corrected chi connectivity index (χ3v) is 5.27. The van der Waals surface area contributed by atoms with Gasteiger partial charge >= 0.3 is 0 Å². The van der Waals surface area contributed by atoms with Gasteiger partial charge in [0.05, 0.1) is 0 Å². The molecule has 2 aliphatic carbocycles. The van der Waals surface area contributed by atoms with Crippen molar-refractivity contribution in [3.8, 4) is 0 Å². The van der Waals surface area contributed by atoms with Gasteiger partial charge in [-0.3, -0.25) is 4.79 Å². The lowest BCUT2D eigenvalue weighted by molar-refractivity contribution is -0.148. The highest BCUT2D eigenvalue weighted by atomic mass is 16.2. The molecular weight excluding hydrogens is 222 g/mol. The van der Waals surface area contributed by atoms with Gasteiger partial charge < -0.3 is 4.90 Å². The van der Waals surface area contributed by atoms with Crippen LogP contribution in [-0.4, -0.2) is 10.8 Å². The summed E-state index contributed by atoms with van der Waals surface area (Å²) in [5, 5.41) is 0. The molecular formula is C16H19NO. The fraction of sp³-hybridized carbons (Fsp3) is 0.562. The van der Waals surface area contributed by atoms with Gasteiger partial charge in [0.15, 0.2) is 0 Å². The van der Waals surface area contributed by atoms with Gasteiger partial charge in [0, 0.05) is 19.0 Å². The minimum Gasteiger partial charge on any atom is -0.334 e. The van der Waals surface area contributed by atoms with E-state index in [1.165, 1.54) is 43.2 Å². The van der Waals surface area contributed by atoms with E-state index in [2.05, 4.69) is 29.2 Å². The van der Waals surface area contributed by atoms with Crippen molar-refractivity contribution in [3.05, 3.63) is 35.4 Å². The predicted octanol–water partition coefficient (Wildman–Crippen LogP) is 3.11. The first-order valence-corrected chi connectivity index (χ1v) is 7.11. The number of carbonyl (C=O) groups excluding carboxylic acids is 1. The molecule has 0 atom stereocenters. The summed E-state index contributed by atoms with van der Waals surface area (Å²) >= 11 is 0. The van der Waals surface area contributed by atoms with E-state index in [1.807, 2.05) is 0 Å². The number of fused-ring (bicyclic) bond motifs is 1. The van der Waals surface area contributed by atoms with Gasteiger partial charge in [-0.2, -0.15) is 0 Å². The van der Waals surface area contributed by atoms with E-state index in [1.54, 1.807) is 0 Å². The SMILES string of the molecule is O=C(C1CC2(CCC2)C1)N1Cc2ccccc2C1. The van der Waals surface area contributed by atoms with Gasteiger partial charge in [-0.25, -0.2) is 0 Å². The van der Waals surface area contributed by atoms with Crippen molar-refractivity contribution in [1.82, 2.24) is 4.90 Å². The quantitative estimate of drug-likeness (QED) is 0.740. The zero-order chi connectivity index (χ0) is 12.2. The molecule has 0 N–H and O–H groups in total. The highest BCUT2D eigenvalue weighted by molar-refractivity contribution is 5.80. The van der Waals surface area contributed by atoms with Crippen LogP contribution in [0.5, 0.6) is 0 Å². The average Bonchev–Trinajstić information content (AvgIpc) is 2.68. The summed E-state index contributed by atoms with van der Waals surface area (Å²) in [4.78, 5) is 14.5. The maximum absolute atomic E-state index is 12.4. The standard InChI is InChI=1S/C16H19NO/c18-15(14-8-16(9-14)6-3-7-16)17-10-12-4-1-2-5-13(12)11-17/h1-2,4-5,14H,3,6-11H2. The first kappa shape index (κ1) is 10.6. The Morgan fingerprint density at radius 3 is 2.22 bits per heavy atom. The van der Waals surface area contributed by atoms with Gasteiger partial charge in [-0.1, -0.05) is 30.7 Å². The molecule has 1 aromatic rings. The second kappa shape index (κ2) is 3.59. The smallest absolute Gasteiger partial charge is 0.226 e. The zero-order valence-electron chi connectivity index (χ0n) is 10.7. The largest absolute Gasteiger partial charge is 0.334 e. The van der Waals surface area contributed by atoms with Crippen molar-refractivity contribution < 1.29 is 4.79 Å². The zero-order valence-corrected chi connectivity index (χ0v) is 10.7. The Morgan fingerprint density at radius 1 is 1.11 bits per heavy atom. The summed E-state index contributed by atoms with van der Waals surface area (Å²) < 4.78 is 0. The Morgan fingerprint density at radius 2 is 1.72 bits per heavy atom. The number of carbonyl (C=O) groups is 1. The lowest BCUT2D eigenvalue weighted by Crippen LogP contribution is -2.49. The number of rotatable bonds is 1. The number of hydrogen-bond acceptors (Lipinski definition) is 1. The Bertz CT molecular complexity index is 471. The maximum atomic E-state index is 12.4. The Hall–Kier alpha value is -1.31. The van der Waals surface area contributed by atoms with E-state index in [4.69, 9.17) is 0 Å². The number of nitrogens with zero attached hydrogens (tertiary/aromatic N) is 1. The monoisotopic (exact) mass is 241 g/mol. The topological polar surface area (TPSA) is 20.3 Å². The van der Waals surface area contributed by atoms with Crippen LogP contribution in [0.2, 0.25) is 0 Å². The molecule has 1 aromatic carbocycles. The Labute approximate surface area is 108 Å². The third kappa shape index (κ3) is 1.44. The molecule has 0 aromatic heterocycles. The molecule has 1 amide bonds. The summed E-state index contributed by atoms with van der Waals surface area (Å²) in [7, 11) is 0. The number of hydrogen-bond donors (Lipinski definition) is 0. The summed E-state index contributed by atoms with van der Waals surface area (Å²) in [6.45, 7) is 1.66. The average molecular weight is 241 g/mol. The van der Waals surface area contributed by atoms with E-state index < -0.39 is 0 Å². The molecule has 2 heteroatoms. The Balaban J connectivity index is 1.43. The van der Waals surface area contributed by atoms with Crippen molar-refractivity contribution in [2.45, 2.75) is 45.2 Å². The van der Waals surface area contributed by atoms with Crippen LogP contribution in [0, 0.1) is 11.3 Å². The molecule has 1 spiro atoms. The van der Waals surface area contributed by atoms with Crippen LogP contribution < -0.4 is 0 Å². The van der Waals surface area contributed by atoms with E-state index in [0.29, 0.717) is 17.2 Å². The van der Waals surface area contributed by atoms with Crippen LogP contribution in [-0.2, 0) is 17.9 Å². The van der Waals surface area contributed by atoms with Crippen molar-refractivity contribution in [3.63, 3.8) is 0 Å². The molecule has 1 aliphatic heterocycles. The molecule has 1 heterocycles. The lowest BCUT2D eigenvalue weighted by atomic mass is 9.51. The number of amides is 1. The second-order valence-corrected chi connectivity index (χ2v) is 6.42. The van der Waals surface area contributed by atoms with E-state index in [-0.39, 0.29) is 0 Å². The molecule has 2 saturated carbocycles. The fourth-order valence-electron chi connectivity index (χ4n) is 3.99. The van der Waals surface area contributed by atoms with Crippen LogP contribution in [0.15, 0.2) is 24.3 Å². The molecule has 0 radical (unpaired) electrons. The summed E-state index contributed by atoms with van der Waals surface area (Å²) in [6, 6.07) is 8.44. The van der Waals surface area contributed by atoms with Crippen LogP contribution >= 0.6 is 0 Å². The van der Waals surface area contributed by atoms with Gasteiger partial charge in [0.25, 0.3) is 0 Å². The summed E-state index contributed by atoms with van der Waals surface area (Å²) in [5.74, 6) is 0.739. The molecule has 0 unspecified atom stereocenters. The maximum Gasteiger partial charge on any atom is 0.226 e. The lowest BCUT2D eigenvalue weighted by Gasteiger charge is -2.54. The molecule has 18 heavy (non-hydrogen) atoms. The van der Waals surface area contributed by atoms with E-state index in [9.17, 15) is 4.79 Å². The summed E-state index contributed by atoms with van der Waals surface area (Å²) in [5.41, 5.74) is 3.28. The van der Waals surface area contributed by atoms with Gasteiger partial charge in [0.2, 0.25) is 5.91 Å². The van der Waals surface area contributed by atoms with Crippen molar-refractivity contribution in [2.75, 3.05) is 0 Å². The van der Waals surface area contributed by atoms with Gasteiger partial charge in [-0.15, -0.1) is 0 Å². The first-order valence-electron chi connectivity index (χ1n) is 7.11. The molecule has 3 aliphatic rings. The van der Waals surface area contributed by atoms with Crippen LogP contribution in [0.4, 0.5) is 0 Å². The minimum atomic E-state index is 0.333. The minimum absolute atomic E-state index is 0.333. The highest BCUT2D eigenvalue weighted by Gasteiger charge is 2.51. The molecule has 94 valence electrons. The normalized spacial score (nSPS) is 24.6. The Kier molecular flexibility index (Phi) is 2.12. The molecule has 0 bridgehead atoms. The second-order valence-electron chi connectivity index (χ2n) is 6.42. The van der Waals surface area contributed by atoms with Crippen LogP contribution in [0.25, 0.3) is 0 Å². The first-order chi connectivity index (χ1) is 8.76. The fourth-order valence-corrected chi connectivity index (χ4v) is 3.99. The number of benzene rings is 1. The van der Waals surface area contributed by atoms with E-state index in [0.717, 1.165) is 13.1 Å². The van der Waals surface area contributed by atoms with Crippen molar-refractivity contribution >= 4 is 5.91 Å². The third-order valence-electron chi connectivity index (χ3n) is 5.27. The van der Waals surface area contributed by atoms with Gasteiger partial charge in [-0.05, 0) is 42.2 Å². The van der Waals surface area contributed by atoms with Gasteiger partial charge in [0.1, 0.15) is 0 Å². The molecule has 4 rings (SSSR count). The molecule has 2 fully saturated rings. The van der Waals surface area contributed by atoms with Crippen molar-refractivity contribution in [2.24, 2.45) is 11.3 Å². The summed E-state index contributed by atoms with van der Waals surface area (Å²) in [6.07, 6.45) is 6.46. The van der Waals surface area contributed by atoms with Crippen LogP contribution in [0.3, 0.4) is 0 Å². The predicted molar refractivity (Wildman–Crippen MR) is 69.7 cm³/mol. The highest BCUT2D eigenvalue weighted by Crippen LogP contribution is 2.59.